The number of carbonyl (C=O) groups is 1. The molecule has 0 atom stereocenters. The summed E-state index contributed by atoms with van der Waals surface area (Å²) in [7, 11) is 2.06. The summed E-state index contributed by atoms with van der Waals surface area (Å²) in [6.45, 7) is 3.22. The first kappa shape index (κ1) is 19.4. The van der Waals surface area contributed by atoms with Gasteiger partial charge in [-0.05, 0) is 43.4 Å². The van der Waals surface area contributed by atoms with Gasteiger partial charge in [0.1, 0.15) is 5.75 Å². The lowest BCUT2D eigenvalue weighted by Crippen LogP contribution is -2.48. The van der Waals surface area contributed by atoms with Crippen molar-refractivity contribution in [1.82, 2.24) is 9.80 Å². The Balaban J connectivity index is 0.00000225. The zero-order valence-electron chi connectivity index (χ0n) is 13.9. The topological polar surface area (TPSA) is 44.8 Å². The van der Waals surface area contributed by atoms with E-state index < -0.39 is 0 Å². The molecule has 0 radical (unpaired) electrons. The molecule has 7 heteroatoms. The molecule has 1 aliphatic heterocycles. The first-order valence-corrected chi connectivity index (χ1v) is 8.26. The van der Waals surface area contributed by atoms with Crippen LogP contribution in [0.2, 0.25) is 5.02 Å². The van der Waals surface area contributed by atoms with Gasteiger partial charge >= 0.3 is 6.03 Å². The highest BCUT2D eigenvalue weighted by atomic mass is 35.5. The average molecular weight is 382 g/mol. The van der Waals surface area contributed by atoms with Crippen LogP contribution in [0, 0.1) is 0 Å². The van der Waals surface area contributed by atoms with Crippen LogP contribution in [0.1, 0.15) is 0 Å². The number of rotatable bonds is 3. The second-order valence-electron chi connectivity index (χ2n) is 5.77. The van der Waals surface area contributed by atoms with Crippen molar-refractivity contribution in [3.63, 3.8) is 0 Å². The molecule has 2 amide bonds. The van der Waals surface area contributed by atoms with Gasteiger partial charge in [0.15, 0.2) is 5.75 Å². The molecule has 0 aromatic heterocycles. The monoisotopic (exact) mass is 381 g/mol. The van der Waals surface area contributed by atoms with Crippen molar-refractivity contribution in [2.45, 2.75) is 0 Å². The van der Waals surface area contributed by atoms with Crippen molar-refractivity contribution >= 4 is 35.7 Å². The molecule has 0 saturated carbocycles. The number of urea groups is 1. The van der Waals surface area contributed by atoms with Gasteiger partial charge in [0.05, 0.1) is 5.69 Å². The Morgan fingerprint density at radius 1 is 1.04 bits per heavy atom. The molecule has 3 rings (SSSR count). The zero-order valence-corrected chi connectivity index (χ0v) is 15.5. The van der Waals surface area contributed by atoms with E-state index in [1.54, 1.807) is 24.3 Å². The molecule has 0 aliphatic carbocycles. The molecule has 2 aromatic carbocycles. The molecular weight excluding hydrogens is 361 g/mol. The number of para-hydroxylation sites is 2. The van der Waals surface area contributed by atoms with E-state index in [9.17, 15) is 4.79 Å². The second-order valence-corrected chi connectivity index (χ2v) is 6.21. The summed E-state index contributed by atoms with van der Waals surface area (Å²) in [4.78, 5) is 16.5. The zero-order chi connectivity index (χ0) is 16.9. The third-order valence-electron chi connectivity index (χ3n) is 3.96. The SMILES string of the molecule is CN1CCN(C(=O)Nc2ccccc2Oc2ccc(Cl)cc2)CC1.Cl. The lowest BCUT2D eigenvalue weighted by Gasteiger charge is -2.32. The maximum Gasteiger partial charge on any atom is 0.322 e. The smallest absolute Gasteiger partial charge is 0.322 e. The first-order valence-electron chi connectivity index (χ1n) is 7.89. The number of likely N-dealkylation sites (N-methyl/N-ethyl adjacent to an activating group) is 1. The number of benzene rings is 2. The first-order chi connectivity index (χ1) is 11.6. The van der Waals surface area contributed by atoms with Crippen molar-refractivity contribution in [3.05, 3.63) is 53.6 Å². The minimum absolute atomic E-state index is 0. The maximum absolute atomic E-state index is 12.4. The fourth-order valence-corrected chi connectivity index (χ4v) is 2.62. The molecular formula is C18H21Cl2N3O2. The molecule has 1 heterocycles. The summed E-state index contributed by atoms with van der Waals surface area (Å²) < 4.78 is 5.87. The van der Waals surface area contributed by atoms with Crippen LogP contribution < -0.4 is 10.1 Å². The Morgan fingerprint density at radius 2 is 1.68 bits per heavy atom. The Morgan fingerprint density at radius 3 is 2.36 bits per heavy atom. The van der Waals surface area contributed by atoms with Crippen molar-refractivity contribution in [2.75, 3.05) is 38.5 Å². The van der Waals surface area contributed by atoms with E-state index in [2.05, 4.69) is 17.3 Å². The standard InChI is InChI=1S/C18H20ClN3O2.ClH/c1-21-10-12-22(13-11-21)18(23)20-16-4-2-3-5-17(16)24-15-8-6-14(19)7-9-15;/h2-9H,10-13H2,1H3,(H,20,23);1H. The molecule has 1 N–H and O–H groups in total. The number of nitrogens with zero attached hydrogens (tertiary/aromatic N) is 2. The van der Waals surface area contributed by atoms with Crippen LogP contribution >= 0.6 is 24.0 Å². The number of amides is 2. The predicted molar refractivity (Wildman–Crippen MR) is 103 cm³/mol. The van der Waals surface area contributed by atoms with Crippen LogP contribution in [0.3, 0.4) is 0 Å². The van der Waals surface area contributed by atoms with Crippen molar-refractivity contribution in [2.24, 2.45) is 0 Å². The Kier molecular flexibility index (Phi) is 6.93. The van der Waals surface area contributed by atoms with E-state index in [1.807, 2.05) is 29.2 Å². The van der Waals surface area contributed by atoms with Crippen molar-refractivity contribution < 1.29 is 9.53 Å². The highest BCUT2D eigenvalue weighted by molar-refractivity contribution is 6.30. The Bertz CT molecular complexity index is 702. The fraction of sp³-hybridized carbons (Fsp3) is 0.278. The third kappa shape index (κ3) is 5.26. The fourth-order valence-electron chi connectivity index (χ4n) is 2.49. The van der Waals surface area contributed by atoms with E-state index >= 15 is 0 Å². The highest BCUT2D eigenvalue weighted by Gasteiger charge is 2.20. The quantitative estimate of drug-likeness (QED) is 0.859. The molecule has 0 spiro atoms. The Labute approximate surface area is 158 Å². The van der Waals surface area contributed by atoms with Crippen LogP contribution in [-0.2, 0) is 0 Å². The van der Waals surface area contributed by atoms with Crippen LogP contribution in [0.4, 0.5) is 10.5 Å². The van der Waals surface area contributed by atoms with E-state index in [0.717, 1.165) is 26.2 Å². The van der Waals surface area contributed by atoms with E-state index in [0.29, 0.717) is 22.2 Å². The molecule has 1 aliphatic rings. The van der Waals surface area contributed by atoms with E-state index in [4.69, 9.17) is 16.3 Å². The van der Waals surface area contributed by atoms with Gasteiger partial charge < -0.3 is 19.9 Å². The number of nitrogens with one attached hydrogen (secondary N) is 1. The molecule has 5 nitrogen and oxygen atoms in total. The summed E-state index contributed by atoms with van der Waals surface area (Å²) in [5.41, 5.74) is 0.649. The number of anilines is 1. The van der Waals surface area contributed by atoms with Gasteiger partial charge in [-0.25, -0.2) is 4.79 Å². The summed E-state index contributed by atoms with van der Waals surface area (Å²) in [5.74, 6) is 1.27. The van der Waals surface area contributed by atoms with Gasteiger partial charge in [-0.15, -0.1) is 12.4 Å². The van der Waals surface area contributed by atoms with Gasteiger partial charge in [0, 0.05) is 31.2 Å². The van der Waals surface area contributed by atoms with Gasteiger partial charge in [-0.3, -0.25) is 0 Å². The minimum Gasteiger partial charge on any atom is -0.455 e. The van der Waals surface area contributed by atoms with Crippen LogP contribution in [-0.4, -0.2) is 49.1 Å². The molecule has 0 bridgehead atoms. The van der Waals surface area contributed by atoms with Crippen LogP contribution in [0.15, 0.2) is 48.5 Å². The molecule has 134 valence electrons. The number of hydrogen-bond donors (Lipinski definition) is 1. The highest BCUT2D eigenvalue weighted by Crippen LogP contribution is 2.30. The average Bonchev–Trinajstić information content (AvgIpc) is 2.59. The summed E-state index contributed by atoms with van der Waals surface area (Å²) >= 11 is 5.89. The number of hydrogen-bond acceptors (Lipinski definition) is 3. The lowest BCUT2D eigenvalue weighted by molar-refractivity contribution is 0.164. The van der Waals surface area contributed by atoms with Gasteiger partial charge in [-0.1, -0.05) is 23.7 Å². The summed E-state index contributed by atoms with van der Waals surface area (Å²) in [5, 5.41) is 3.60. The van der Waals surface area contributed by atoms with Gasteiger partial charge in [0.2, 0.25) is 0 Å². The van der Waals surface area contributed by atoms with E-state index in [-0.39, 0.29) is 18.4 Å². The molecule has 0 unspecified atom stereocenters. The summed E-state index contributed by atoms with van der Waals surface area (Å²) in [6, 6.07) is 14.4. The third-order valence-corrected chi connectivity index (χ3v) is 4.21. The number of piperazine rings is 1. The van der Waals surface area contributed by atoms with Crippen molar-refractivity contribution in [3.8, 4) is 11.5 Å². The minimum atomic E-state index is -0.102. The van der Waals surface area contributed by atoms with E-state index in [1.165, 1.54) is 0 Å². The lowest BCUT2D eigenvalue weighted by atomic mass is 10.3. The van der Waals surface area contributed by atoms with Crippen molar-refractivity contribution in [1.29, 1.82) is 0 Å². The molecule has 1 fully saturated rings. The molecule has 2 aromatic rings. The number of halogens is 2. The van der Waals surface area contributed by atoms with Crippen LogP contribution in [0.25, 0.3) is 0 Å². The summed E-state index contributed by atoms with van der Waals surface area (Å²) in [6.07, 6.45) is 0. The molecule has 25 heavy (non-hydrogen) atoms. The maximum atomic E-state index is 12.4. The normalized spacial score (nSPS) is 14.6. The predicted octanol–water partition coefficient (Wildman–Crippen LogP) is 4.33. The van der Waals surface area contributed by atoms with Gasteiger partial charge in [-0.2, -0.15) is 0 Å². The number of carbonyl (C=O) groups excluding carboxylic acids is 1. The van der Waals surface area contributed by atoms with Crippen LogP contribution in [0.5, 0.6) is 11.5 Å². The largest absolute Gasteiger partial charge is 0.455 e. The second kappa shape index (κ2) is 8.94. The Hall–Kier alpha value is -1.95. The number of ether oxygens (including phenoxy) is 1. The van der Waals surface area contributed by atoms with Gasteiger partial charge in [0.25, 0.3) is 0 Å². The molecule has 1 saturated heterocycles.